The molecule has 2 aromatic rings. The number of halogens is 4. The smallest absolute Gasteiger partial charge is 0.387 e. The normalized spacial score (nSPS) is 11.7. The number of guanidine groups is 1. The molecule has 0 spiro atoms. The van der Waals surface area contributed by atoms with E-state index < -0.39 is 6.61 Å². The second-order valence-corrected chi connectivity index (χ2v) is 5.64. The van der Waals surface area contributed by atoms with Crippen LogP contribution in [0.4, 0.5) is 8.78 Å². The number of hydrogen-bond donors (Lipinski definition) is 2. The molecule has 0 saturated heterocycles. The van der Waals surface area contributed by atoms with Gasteiger partial charge in [-0.2, -0.15) is 8.78 Å². The molecule has 0 bridgehead atoms. The largest absolute Gasteiger partial charge is 0.433 e. The zero-order valence-electron chi connectivity index (χ0n) is 13.2. The van der Waals surface area contributed by atoms with Crippen molar-refractivity contribution in [2.24, 2.45) is 4.99 Å². The van der Waals surface area contributed by atoms with E-state index in [0.29, 0.717) is 35.3 Å². The highest BCUT2D eigenvalue weighted by Crippen LogP contribution is 2.34. The third kappa shape index (κ3) is 6.06. The minimum atomic E-state index is -3.00. The first-order valence-corrected chi connectivity index (χ1v) is 8.09. The van der Waals surface area contributed by atoms with E-state index in [4.69, 9.17) is 27.7 Å². The molecule has 25 heavy (non-hydrogen) atoms. The first-order chi connectivity index (χ1) is 12.0. The summed E-state index contributed by atoms with van der Waals surface area (Å²) in [5, 5.41) is 10.2. The average Bonchev–Trinajstić information content (AvgIpc) is 3.06. The van der Waals surface area contributed by atoms with Crippen molar-refractivity contribution >= 4 is 29.2 Å². The van der Waals surface area contributed by atoms with Crippen LogP contribution in [-0.4, -0.2) is 24.3 Å². The van der Waals surface area contributed by atoms with Crippen LogP contribution < -0.4 is 15.4 Å². The number of nitrogens with one attached hydrogen (secondary N) is 2. The predicted octanol–water partition coefficient (Wildman–Crippen LogP) is 3.84. The Morgan fingerprint density at radius 2 is 2.16 bits per heavy atom. The Labute approximate surface area is 153 Å². The van der Waals surface area contributed by atoms with E-state index >= 15 is 0 Å². The molecule has 1 aromatic carbocycles. The highest BCUT2D eigenvalue weighted by Gasteiger charge is 2.15. The van der Waals surface area contributed by atoms with Crippen LogP contribution in [0.3, 0.4) is 0 Å². The fourth-order valence-corrected chi connectivity index (χ4v) is 2.54. The van der Waals surface area contributed by atoms with Gasteiger partial charge in [0.2, 0.25) is 0 Å². The third-order valence-corrected chi connectivity index (χ3v) is 3.47. The topological polar surface area (TPSA) is 71.7 Å². The molecule has 2 rings (SSSR count). The molecule has 0 aliphatic heterocycles. The Morgan fingerprint density at radius 3 is 2.80 bits per heavy atom. The van der Waals surface area contributed by atoms with Gasteiger partial charge in [0.15, 0.2) is 5.96 Å². The SMILES string of the molecule is CCNC(=NCc1cc(Cl)cc(Cl)c1OC(F)F)NCc1ccon1. The Bertz CT molecular complexity index is 712. The van der Waals surface area contributed by atoms with E-state index in [0.717, 1.165) is 0 Å². The van der Waals surface area contributed by atoms with Gasteiger partial charge in [-0.15, -0.1) is 0 Å². The van der Waals surface area contributed by atoms with Crippen LogP contribution in [0.5, 0.6) is 5.75 Å². The summed E-state index contributed by atoms with van der Waals surface area (Å²) in [5.74, 6) is 0.321. The second-order valence-electron chi connectivity index (χ2n) is 4.79. The van der Waals surface area contributed by atoms with Crippen LogP contribution in [0.25, 0.3) is 0 Å². The van der Waals surface area contributed by atoms with Gasteiger partial charge in [0.1, 0.15) is 17.7 Å². The van der Waals surface area contributed by atoms with Gasteiger partial charge in [-0.25, -0.2) is 4.99 Å². The molecule has 10 heteroatoms. The zero-order valence-corrected chi connectivity index (χ0v) is 14.7. The summed E-state index contributed by atoms with van der Waals surface area (Å²) in [4.78, 5) is 4.33. The van der Waals surface area contributed by atoms with Gasteiger partial charge in [0.25, 0.3) is 0 Å². The Morgan fingerprint density at radius 1 is 1.36 bits per heavy atom. The Kier molecular flexibility index (Phi) is 7.27. The van der Waals surface area contributed by atoms with Crippen molar-refractivity contribution in [2.45, 2.75) is 26.6 Å². The van der Waals surface area contributed by atoms with E-state index in [-0.39, 0.29) is 17.3 Å². The van der Waals surface area contributed by atoms with Crippen molar-refractivity contribution in [1.29, 1.82) is 0 Å². The molecule has 0 radical (unpaired) electrons. The lowest BCUT2D eigenvalue weighted by Gasteiger charge is -2.13. The van der Waals surface area contributed by atoms with Gasteiger partial charge in [0, 0.05) is 23.2 Å². The molecular weight excluding hydrogens is 377 g/mol. The van der Waals surface area contributed by atoms with Crippen molar-refractivity contribution in [1.82, 2.24) is 15.8 Å². The maximum Gasteiger partial charge on any atom is 0.387 e. The van der Waals surface area contributed by atoms with Crippen molar-refractivity contribution in [3.8, 4) is 5.75 Å². The van der Waals surface area contributed by atoms with Crippen LogP contribution in [-0.2, 0) is 13.1 Å². The summed E-state index contributed by atoms with van der Waals surface area (Å²) in [6.07, 6.45) is 1.46. The summed E-state index contributed by atoms with van der Waals surface area (Å²) in [5.41, 5.74) is 1.04. The van der Waals surface area contributed by atoms with Gasteiger partial charge < -0.3 is 19.9 Å². The van der Waals surface area contributed by atoms with Gasteiger partial charge in [-0.05, 0) is 19.1 Å². The van der Waals surface area contributed by atoms with Crippen LogP contribution in [0.1, 0.15) is 18.2 Å². The van der Waals surface area contributed by atoms with Gasteiger partial charge in [-0.1, -0.05) is 28.4 Å². The quantitative estimate of drug-likeness (QED) is 0.553. The molecule has 0 aliphatic rings. The summed E-state index contributed by atoms with van der Waals surface area (Å²) in [7, 11) is 0. The average molecular weight is 393 g/mol. The first kappa shape index (κ1) is 19.3. The maximum atomic E-state index is 12.6. The minimum Gasteiger partial charge on any atom is -0.433 e. The molecule has 2 N–H and O–H groups in total. The van der Waals surface area contributed by atoms with Gasteiger partial charge >= 0.3 is 6.61 Å². The number of hydrogen-bond acceptors (Lipinski definition) is 4. The predicted molar refractivity (Wildman–Crippen MR) is 91.3 cm³/mol. The summed E-state index contributed by atoms with van der Waals surface area (Å²) < 4.78 is 34.4. The molecule has 1 heterocycles. The summed E-state index contributed by atoms with van der Waals surface area (Å²) in [6.45, 7) is -0.0638. The summed E-state index contributed by atoms with van der Waals surface area (Å²) >= 11 is 11.9. The standard InChI is InChI=1S/C15H16Cl2F2N4O2/c1-2-20-15(22-8-11-3-4-24-23-11)21-7-9-5-10(16)6-12(17)13(9)25-14(18)19/h3-6,14H,2,7-8H2,1H3,(H2,20,21,22). The molecule has 0 aliphatic carbocycles. The fraction of sp³-hybridized carbons (Fsp3) is 0.333. The third-order valence-electron chi connectivity index (χ3n) is 2.97. The monoisotopic (exact) mass is 392 g/mol. The lowest BCUT2D eigenvalue weighted by Crippen LogP contribution is -2.36. The Balaban J connectivity index is 2.15. The fourth-order valence-electron chi connectivity index (χ4n) is 1.96. The van der Waals surface area contributed by atoms with Crippen LogP contribution in [0.2, 0.25) is 10.0 Å². The van der Waals surface area contributed by atoms with Crippen LogP contribution in [0.15, 0.2) is 34.0 Å². The first-order valence-electron chi connectivity index (χ1n) is 7.33. The second kappa shape index (κ2) is 9.43. The van der Waals surface area contributed by atoms with Crippen LogP contribution in [0, 0.1) is 0 Å². The maximum absolute atomic E-state index is 12.6. The zero-order chi connectivity index (χ0) is 18.2. The summed E-state index contributed by atoms with van der Waals surface area (Å²) in [6, 6.07) is 4.53. The molecule has 0 unspecified atom stereocenters. The number of aromatic nitrogens is 1. The molecule has 6 nitrogen and oxygen atoms in total. The van der Waals surface area contributed by atoms with Crippen molar-refractivity contribution < 1.29 is 18.0 Å². The highest BCUT2D eigenvalue weighted by molar-refractivity contribution is 6.35. The minimum absolute atomic E-state index is 0.00134. The van der Waals surface area contributed by atoms with Crippen molar-refractivity contribution in [3.05, 3.63) is 45.8 Å². The molecule has 0 amide bonds. The Hall–Kier alpha value is -2.06. The highest BCUT2D eigenvalue weighted by atomic mass is 35.5. The van der Waals surface area contributed by atoms with E-state index in [1.54, 1.807) is 6.07 Å². The molecular formula is C15H16Cl2F2N4O2. The molecule has 1 aromatic heterocycles. The molecule has 0 atom stereocenters. The van der Waals surface area contributed by atoms with Crippen LogP contribution >= 0.6 is 23.2 Å². The molecule has 0 fully saturated rings. The number of alkyl halides is 2. The van der Waals surface area contributed by atoms with Crippen molar-refractivity contribution in [2.75, 3.05) is 6.54 Å². The van der Waals surface area contributed by atoms with E-state index in [1.165, 1.54) is 18.4 Å². The van der Waals surface area contributed by atoms with E-state index in [1.807, 2.05) is 6.92 Å². The van der Waals surface area contributed by atoms with Crippen molar-refractivity contribution in [3.63, 3.8) is 0 Å². The van der Waals surface area contributed by atoms with Gasteiger partial charge in [0.05, 0.1) is 18.1 Å². The van der Waals surface area contributed by atoms with Gasteiger partial charge in [-0.3, -0.25) is 0 Å². The molecule has 136 valence electrons. The van der Waals surface area contributed by atoms with E-state index in [2.05, 4.69) is 25.5 Å². The number of aliphatic imine (C=N–C) groups is 1. The number of nitrogens with zero attached hydrogens (tertiary/aromatic N) is 2. The van der Waals surface area contributed by atoms with E-state index in [9.17, 15) is 8.78 Å². The lowest BCUT2D eigenvalue weighted by molar-refractivity contribution is -0.0503. The number of ether oxygens (including phenoxy) is 1. The lowest BCUT2D eigenvalue weighted by atomic mass is 10.2. The number of benzene rings is 1. The molecule has 0 saturated carbocycles. The number of rotatable bonds is 7.